The number of rotatable bonds is 9. The summed E-state index contributed by atoms with van der Waals surface area (Å²) in [4.78, 5) is 32.7. The molecule has 0 aromatic heterocycles. The van der Waals surface area contributed by atoms with Gasteiger partial charge in [-0.15, -0.1) is 0 Å². The highest BCUT2D eigenvalue weighted by atomic mass is 16.7. The molecule has 0 aliphatic carbocycles. The van der Waals surface area contributed by atoms with Crippen molar-refractivity contribution in [1.29, 1.82) is 0 Å². The quantitative estimate of drug-likeness (QED) is 0.191. The number of carboxylic acids is 1. The summed E-state index contributed by atoms with van der Waals surface area (Å²) in [6.07, 6.45) is -1.64. The molecular formula is C26H20N2O9. The van der Waals surface area contributed by atoms with Crippen LogP contribution in [-0.2, 0) is 4.79 Å². The van der Waals surface area contributed by atoms with Crippen LogP contribution in [0, 0.1) is 20.2 Å². The molecular weight excluding hydrogens is 484 g/mol. The van der Waals surface area contributed by atoms with Crippen molar-refractivity contribution in [1.82, 2.24) is 0 Å². The van der Waals surface area contributed by atoms with Crippen LogP contribution in [0.4, 0.5) is 11.4 Å². The SMILES string of the molecule is O.O=C(O)C(Oc1ccc(-c2cccc([N+](=O)[O-])c2)cc1)Oc1ccc(-c2cccc([N+](=O)[O-])c2)cc1. The van der Waals surface area contributed by atoms with Gasteiger partial charge in [0.25, 0.3) is 11.4 Å². The third kappa shape index (κ3) is 6.44. The summed E-state index contributed by atoms with van der Waals surface area (Å²) in [7, 11) is 0. The molecule has 0 saturated heterocycles. The molecule has 0 bridgehead atoms. The van der Waals surface area contributed by atoms with Crippen molar-refractivity contribution in [3.05, 3.63) is 117 Å². The van der Waals surface area contributed by atoms with Gasteiger partial charge >= 0.3 is 12.3 Å². The predicted octanol–water partition coefficient (Wildman–Crippen LogP) is 4.88. The molecule has 37 heavy (non-hydrogen) atoms. The Bertz CT molecular complexity index is 1320. The Kier molecular flexibility index (Phi) is 8.13. The Morgan fingerprint density at radius 2 is 1.03 bits per heavy atom. The molecule has 0 unspecified atom stereocenters. The average Bonchev–Trinajstić information content (AvgIpc) is 2.89. The molecule has 11 nitrogen and oxygen atoms in total. The van der Waals surface area contributed by atoms with Gasteiger partial charge in [-0.1, -0.05) is 48.5 Å². The molecule has 0 aliphatic rings. The van der Waals surface area contributed by atoms with E-state index in [-0.39, 0.29) is 28.3 Å². The van der Waals surface area contributed by atoms with Crippen LogP contribution in [0.1, 0.15) is 0 Å². The second-order valence-electron chi connectivity index (χ2n) is 7.57. The molecule has 0 aliphatic heterocycles. The minimum absolute atomic E-state index is 0. The number of hydrogen-bond acceptors (Lipinski definition) is 7. The van der Waals surface area contributed by atoms with Crippen molar-refractivity contribution in [3.63, 3.8) is 0 Å². The Hall–Kier alpha value is -5.29. The number of nitro benzene ring substituents is 2. The molecule has 188 valence electrons. The van der Waals surface area contributed by atoms with Gasteiger partial charge in [0.1, 0.15) is 11.5 Å². The lowest BCUT2D eigenvalue weighted by Gasteiger charge is -2.17. The third-order valence-corrected chi connectivity index (χ3v) is 5.18. The van der Waals surface area contributed by atoms with Gasteiger partial charge in [0.15, 0.2) is 0 Å². The summed E-state index contributed by atoms with van der Waals surface area (Å²) in [5, 5.41) is 31.5. The molecule has 0 amide bonds. The largest absolute Gasteiger partial charge is 0.476 e. The molecule has 3 N–H and O–H groups in total. The lowest BCUT2D eigenvalue weighted by atomic mass is 10.1. The van der Waals surface area contributed by atoms with Crippen molar-refractivity contribution in [2.75, 3.05) is 0 Å². The average molecular weight is 504 g/mol. The Labute approximate surface area is 209 Å². The molecule has 0 fully saturated rings. The van der Waals surface area contributed by atoms with Crippen LogP contribution < -0.4 is 9.47 Å². The second-order valence-corrected chi connectivity index (χ2v) is 7.57. The van der Waals surface area contributed by atoms with Crippen LogP contribution >= 0.6 is 0 Å². The summed E-state index contributed by atoms with van der Waals surface area (Å²) in [6, 6.07) is 25.1. The predicted molar refractivity (Wildman–Crippen MR) is 133 cm³/mol. The van der Waals surface area contributed by atoms with Crippen molar-refractivity contribution in [2.45, 2.75) is 6.29 Å². The number of carbonyl (C=O) groups is 1. The number of hydrogen-bond donors (Lipinski definition) is 1. The zero-order valence-electron chi connectivity index (χ0n) is 19.0. The maximum atomic E-state index is 11.7. The number of non-ortho nitro benzene ring substituents is 2. The Morgan fingerprint density at radius 3 is 1.35 bits per heavy atom. The van der Waals surface area contributed by atoms with Crippen molar-refractivity contribution >= 4 is 17.3 Å². The van der Waals surface area contributed by atoms with E-state index in [1.165, 1.54) is 24.3 Å². The van der Waals surface area contributed by atoms with Crippen molar-refractivity contribution in [3.8, 4) is 33.8 Å². The Morgan fingerprint density at radius 1 is 0.649 bits per heavy atom. The minimum Gasteiger partial charge on any atom is -0.476 e. The highest BCUT2D eigenvalue weighted by Gasteiger charge is 2.22. The fourth-order valence-corrected chi connectivity index (χ4v) is 3.42. The second kappa shape index (κ2) is 11.4. The van der Waals surface area contributed by atoms with Gasteiger partial charge in [0, 0.05) is 24.3 Å². The van der Waals surface area contributed by atoms with Gasteiger partial charge in [0.2, 0.25) is 0 Å². The Balaban J connectivity index is 0.00000380. The van der Waals surface area contributed by atoms with E-state index >= 15 is 0 Å². The first-order chi connectivity index (χ1) is 17.3. The first kappa shape index (κ1) is 26.3. The van der Waals surface area contributed by atoms with E-state index in [0.717, 1.165) is 0 Å². The van der Waals surface area contributed by atoms with Gasteiger partial charge in [-0.3, -0.25) is 20.2 Å². The van der Waals surface area contributed by atoms with Gasteiger partial charge < -0.3 is 20.1 Å². The van der Waals surface area contributed by atoms with Crippen LogP contribution in [0.5, 0.6) is 11.5 Å². The first-order valence-electron chi connectivity index (χ1n) is 10.6. The molecule has 0 heterocycles. The minimum atomic E-state index is -1.64. The smallest absolute Gasteiger partial charge is 0.387 e. The molecule has 0 radical (unpaired) electrons. The molecule has 4 aromatic rings. The van der Waals surface area contributed by atoms with Gasteiger partial charge in [-0.25, -0.2) is 4.79 Å². The molecule has 4 aromatic carbocycles. The monoisotopic (exact) mass is 504 g/mol. The van der Waals surface area contributed by atoms with Gasteiger partial charge in [-0.05, 0) is 46.5 Å². The summed E-state index contributed by atoms with van der Waals surface area (Å²) in [6.45, 7) is 0. The number of benzene rings is 4. The van der Waals surface area contributed by atoms with Crippen LogP contribution in [0.15, 0.2) is 97.1 Å². The number of nitrogens with zero attached hydrogens (tertiary/aromatic N) is 2. The summed E-state index contributed by atoms with van der Waals surface area (Å²) >= 11 is 0. The number of nitro groups is 2. The lowest BCUT2D eigenvalue weighted by molar-refractivity contribution is -0.385. The highest BCUT2D eigenvalue weighted by molar-refractivity contribution is 5.72. The molecule has 0 saturated carbocycles. The van der Waals surface area contributed by atoms with E-state index in [4.69, 9.17) is 9.47 Å². The standard InChI is InChI=1S/C26H18N2O8.H2O/c29-25(30)26(35-23-11-7-17(8-12-23)19-3-1-5-21(15-19)27(31)32)36-24-13-9-18(10-14-24)20-4-2-6-22(16-20)28(33)34;/h1-16,26H,(H,29,30);1H2. The van der Waals surface area contributed by atoms with Crippen LogP contribution in [0.2, 0.25) is 0 Å². The normalized spacial score (nSPS) is 10.3. The zero-order chi connectivity index (χ0) is 25.7. The highest BCUT2D eigenvalue weighted by Crippen LogP contribution is 2.28. The maximum absolute atomic E-state index is 11.7. The molecule has 0 atom stereocenters. The third-order valence-electron chi connectivity index (χ3n) is 5.18. The van der Waals surface area contributed by atoms with E-state index < -0.39 is 22.1 Å². The van der Waals surface area contributed by atoms with Crippen molar-refractivity contribution < 1.29 is 34.7 Å². The summed E-state index contributed by atoms with van der Waals surface area (Å²) < 4.78 is 11.0. The first-order valence-corrected chi connectivity index (χ1v) is 10.6. The molecule has 4 rings (SSSR count). The van der Waals surface area contributed by atoms with E-state index in [1.54, 1.807) is 72.8 Å². The fraction of sp³-hybridized carbons (Fsp3) is 0.0385. The molecule has 0 spiro atoms. The molecule has 11 heteroatoms. The van der Waals surface area contributed by atoms with Gasteiger partial charge in [0.05, 0.1) is 9.85 Å². The van der Waals surface area contributed by atoms with Crippen LogP contribution in [0.25, 0.3) is 22.3 Å². The van der Waals surface area contributed by atoms with Crippen LogP contribution in [0.3, 0.4) is 0 Å². The summed E-state index contributed by atoms with van der Waals surface area (Å²) in [5.41, 5.74) is 2.56. The number of aliphatic carboxylic acids is 1. The topological polar surface area (TPSA) is 174 Å². The number of ether oxygens (including phenoxy) is 2. The number of carboxylic acid groups (broad SMARTS) is 1. The van der Waals surface area contributed by atoms with E-state index in [0.29, 0.717) is 22.3 Å². The van der Waals surface area contributed by atoms with E-state index in [9.17, 15) is 30.1 Å². The summed E-state index contributed by atoms with van der Waals surface area (Å²) in [5.74, 6) is -0.893. The fourth-order valence-electron chi connectivity index (χ4n) is 3.42. The lowest BCUT2D eigenvalue weighted by Crippen LogP contribution is -2.33. The van der Waals surface area contributed by atoms with Gasteiger partial charge in [-0.2, -0.15) is 0 Å². The maximum Gasteiger partial charge on any atom is 0.387 e. The zero-order valence-corrected chi connectivity index (χ0v) is 19.0. The van der Waals surface area contributed by atoms with E-state index in [2.05, 4.69) is 0 Å². The van der Waals surface area contributed by atoms with Crippen LogP contribution in [-0.4, -0.2) is 32.7 Å². The van der Waals surface area contributed by atoms with E-state index in [1.807, 2.05) is 0 Å². The van der Waals surface area contributed by atoms with Crippen molar-refractivity contribution in [2.24, 2.45) is 0 Å².